The number of carbonyl (C=O) groups is 1. The summed E-state index contributed by atoms with van der Waals surface area (Å²) in [5.41, 5.74) is 0.232. The second-order valence-corrected chi connectivity index (χ2v) is 4.95. The van der Waals surface area contributed by atoms with Crippen LogP contribution in [0.25, 0.3) is 0 Å². The Morgan fingerprint density at radius 2 is 2.12 bits per heavy atom. The smallest absolute Gasteiger partial charge is 0.339 e. The van der Waals surface area contributed by atoms with Crippen LogP contribution < -0.4 is 5.32 Å². The molecule has 4 nitrogen and oxygen atoms in total. The highest BCUT2D eigenvalue weighted by Crippen LogP contribution is 2.31. The molecule has 2 rings (SSSR count). The molecule has 92 valence electrons. The molecule has 1 aromatic heterocycles. The molecule has 1 fully saturated rings. The highest BCUT2D eigenvalue weighted by molar-refractivity contribution is 5.93. The SMILES string of the molecule is CC1(Nc2ncccc2C(=O)O)CCCCC1. The van der Waals surface area contributed by atoms with E-state index in [0.29, 0.717) is 5.82 Å². The molecule has 0 aliphatic heterocycles. The van der Waals surface area contributed by atoms with Crippen LogP contribution in [0.15, 0.2) is 18.3 Å². The number of hydrogen-bond acceptors (Lipinski definition) is 3. The summed E-state index contributed by atoms with van der Waals surface area (Å²) in [4.78, 5) is 15.2. The monoisotopic (exact) mass is 234 g/mol. The average Bonchev–Trinajstić information content (AvgIpc) is 2.29. The van der Waals surface area contributed by atoms with Crippen LogP contribution in [0.4, 0.5) is 5.82 Å². The summed E-state index contributed by atoms with van der Waals surface area (Å²) in [6, 6.07) is 3.24. The van der Waals surface area contributed by atoms with Crippen molar-refractivity contribution in [3.63, 3.8) is 0 Å². The molecule has 0 radical (unpaired) electrons. The molecule has 1 aromatic rings. The molecule has 0 bridgehead atoms. The van der Waals surface area contributed by atoms with Gasteiger partial charge in [0, 0.05) is 11.7 Å². The zero-order chi connectivity index (χ0) is 12.3. The summed E-state index contributed by atoms with van der Waals surface area (Å²) in [6.45, 7) is 2.15. The second kappa shape index (κ2) is 4.73. The number of rotatable bonds is 3. The fraction of sp³-hybridized carbons (Fsp3) is 0.538. The van der Waals surface area contributed by atoms with Crippen LogP contribution in [-0.2, 0) is 0 Å². The fourth-order valence-corrected chi connectivity index (χ4v) is 2.42. The van der Waals surface area contributed by atoms with Crippen molar-refractivity contribution in [1.82, 2.24) is 4.98 Å². The lowest BCUT2D eigenvalue weighted by Gasteiger charge is -2.35. The third-order valence-electron chi connectivity index (χ3n) is 3.42. The summed E-state index contributed by atoms with van der Waals surface area (Å²) >= 11 is 0. The van der Waals surface area contributed by atoms with Crippen LogP contribution >= 0.6 is 0 Å². The van der Waals surface area contributed by atoms with Gasteiger partial charge < -0.3 is 10.4 Å². The number of aromatic carboxylic acids is 1. The quantitative estimate of drug-likeness (QED) is 0.844. The topological polar surface area (TPSA) is 62.2 Å². The van der Waals surface area contributed by atoms with Gasteiger partial charge in [-0.15, -0.1) is 0 Å². The average molecular weight is 234 g/mol. The van der Waals surface area contributed by atoms with Gasteiger partial charge in [0.05, 0.1) is 0 Å². The Morgan fingerprint density at radius 3 is 2.76 bits per heavy atom. The Labute approximate surface area is 101 Å². The molecule has 0 saturated heterocycles. The van der Waals surface area contributed by atoms with Crippen molar-refractivity contribution in [2.45, 2.75) is 44.6 Å². The highest BCUT2D eigenvalue weighted by atomic mass is 16.4. The molecular formula is C13H18N2O2. The van der Waals surface area contributed by atoms with Gasteiger partial charge in [-0.1, -0.05) is 19.3 Å². The van der Waals surface area contributed by atoms with Crippen molar-refractivity contribution in [2.24, 2.45) is 0 Å². The molecule has 0 spiro atoms. The minimum absolute atomic E-state index is 0.0171. The zero-order valence-electron chi connectivity index (χ0n) is 10.1. The molecule has 0 aromatic carbocycles. The van der Waals surface area contributed by atoms with Crippen molar-refractivity contribution >= 4 is 11.8 Å². The number of carboxylic acid groups (broad SMARTS) is 1. The zero-order valence-corrected chi connectivity index (χ0v) is 10.1. The van der Waals surface area contributed by atoms with Gasteiger partial charge in [-0.25, -0.2) is 9.78 Å². The molecule has 1 saturated carbocycles. The largest absolute Gasteiger partial charge is 0.478 e. The second-order valence-electron chi connectivity index (χ2n) is 4.95. The maximum Gasteiger partial charge on any atom is 0.339 e. The van der Waals surface area contributed by atoms with E-state index in [1.807, 2.05) is 0 Å². The molecule has 2 N–H and O–H groups in total. The number of carboxylic acids is 1. The minimum atomic E-state index is -0.931. The summed E-state index contributed by atoms with van der Waals surface area (Å²) in [7, 11) is 0. The van der Waals surface area contributed by atoms with E-state index < -0.39 is 5.97 Å². The first-order valence-corrected chi connectivity index (χ1v) is 6.07. The van der Waals surface area contributed by atoms with Gasteiger partial charge in [-0.05, 0) is 31.9 Å². The number of hydrogen-bond donors (Lipinski definition) is 2. The number of nitrogens with one attached hydrogen (secondary N) is 1. The fourth-order valence-electron chi connectivity index (χ4n) is 2.42. The van der Waals surface area contributed by atoms with E-state index in [1.54, 1.807) is 18.3 Å². The van der Waals surface area contributed by atoms with Gasteiger partial charge in [-0.3, -0.25) is 0 Å². The Hall–Kier alpha value is -1.58. The van der Waals surface area contributed by atoms with Crippen LogP contribution in [-0.4, -0.2) is 21.6 Å². The van der Waals surface area contributed by atoms with Gasteiger partial charge in [0.2, 0.25) is 0 Å². The van der Waals surface area contributed by atoms with Gasteiger partial charge in [0.1, 0.15) is 11.4 Å². The van der Waals surface area contributed by atoms with E-state index in [4.69, 9.17) is 5.11 Å². The summed E-state index contributed by atoms with van der Waals surface area (Å²) in [5.74, 6) is -0.440. The van der Waals surface area contributed by atoms with Crippen LogP contribution in [0.5, 0.6) is 0 Å². The third-order valence-corrected chi connectivity index (χ3v) is 3.42. The van der Waals surface area contributed by atoms with Crippen LogP contribution in [0.3, 0.4) is 0 Å². The Balaban J connectivity index is 2.20. The first-order valence-electron chi connectivity index (χ1n) is 6.07. The maximum atomic E-state index is 11.1. The van der Waals surface area contributed by atoms with E-state index >= 15 is 0 Å². The first kappa shape index (κ1) is 11.9. The molecule has 0 unspecified atom stereocenters. The molecule has 17 heavy (non-hydrogen) atoms. The van der Waals surface area contributed by atoms with Crippen molar-refractivity contribution in [2.75, 3.05) is 5.32 Å². The molecular weight excluding hydrogens is 216 g/mol. The predicted octanol–water partition coefficient (Wildman–Crippen LogP) is 2.91. The van der Waals surface area contributed by atoms with E-state index in [2.05, 4.69) is 17.2 Å². The number of anilines is 1. The third kappa shape index (κ3) is 2.75. The van der Waals surface area contributed by atoms with E-state index in [9.17, 15) is 4.79 Å². The van der Waals surface area contributed by atoms with Gasteiger partial charge >= 0.3 is 5.97 Å². The van der Waals surface area contributed by atoms with E-state index in [1.165, 1.54) is 19.3 Å². The molecule has 0 atom stereocenters. The number of aromatic nitrogens is 1. The maximum absolute atomic E-state index is 11.1. The lowest BCUT2D eigenvalue weighted by molar-refractivity contribution is 0.0697. The highest BCUT2D eigenvalue weighted by Gasteiger charge is 2.28. The van der Waals surface area contributed by atoms with Crippen LogP contribution in [0.2, 0.25) is 0 Å². The minimum Gasteiger partial charge on any atom is -0.478 e. The summed E-state index contributed by atoms with van der Waals surface area (Å²) in [5, 5.41) is 12.4. The van der Waals surface area contributed by atoms with Crippen molar-refractivity contribution in [3.8, 4) is 0 Å². The van der Waals surface area contributed by atoms with Crippen molar-refractivity contribution in [1.29, 1.82) is 0 Å². The summed E-state index contributed by atoms with van der Waals surface area (Å²) < 4.78 is 0. The van der Waals surface area contributed by atoms with Crippen molar-refractivity contribution in [3.05, 3.63) is 23.9 Å². The lowest BCUT2D eigenvalue weighted by atomic mass is 9.83. The van der Waals surface area contributed by atoms with Gasteiger partial charge in [0.25, 0.3) is 0 Å². The molecule has 1 aliphatic carbocycles. The number of pyridine rings is 1. The Bertz CT molecular complexity index is 412. The van der Waals surface area contributed by atoms with E-state index in [-0.39, 0.29) is 11.1 Å². The molecule has 1 aliphatic rings. The van der Waals surface area contributed by atoms with Crippen LogP contribution in [0, 0.1) is 0 Å². The lowest BCUT2D eigenvalue weighted by Crippen LogP contribution is -2.37. The van der Waals surface area contributed by atoms with Crippen molar-refractivity contribution < 1.29 is 9.90 Å². The summed E-state index contributed by atoms with van der Waals surface area (Å²) in [6.07, 6.45) is 7.43. The van der Waals surface area contributed by atoms with Gasteiger partial charge in [0.15, 0.2) is 0 Å². The first-order chi connectivity index (χ1) is 8.11. The van der Waals surface area contributed by atoms with Crippen LogP contribution in [0.1, 0.15) is 49.4 Å². The molecule has 1 heterocycles. The normalized spacial score (nSPS) is 18.6. The Morgan fingerprint density at radius 1 is 1.41 bits per heavy atom. The molecule has 0 amide bonds. The van der Waals surface area contributed by atoms with Gasteiger partial charge in [-0.2, -0.15) is 0 Å². The molecule has 4 heteroatoms. The van der Waals surface area contributed by atoms with E-state index in [0.717, 1.165) is 12.8 Å². The standard InChI is InChI=1S/C13H18N2O2/c1-13(7-3-2-4-8-13)15-11-10(12(16)17)6-5-9-14-11/h5-6,9H,2-4,7-8H2,1H3,(H,14,15)(H,16,17). The Kier molecular flexibility index (Phi) is 3.31. The number of nitrogens with zero attached hydrogens (tertiary/aromatic N) is 1. The predicted molar refractivity (Wildman–Crippen MR) is 66.3 cm³/mol.